The number of hydrogen-bond donors (Lipinski definition) is 1. The van der Waals surface area contributed by atoms with Gasteiger partial charge < -0.3 is 5.73 Å². The molecule has 0 amide bonds. The number of halogens is 1. The zero-order valence-electron chi connectivity index (χ0n) is 10.3. The van der Waals surface area contributed by atoms with Gasteiger partial charge in [0, 0.05) is 24.4 Å². The molecule has 0 bridgehead atoms. The number of rotatable bonds is 3. The third-order valence-electron chi connectivity index (χ3n) is 2.97. The molecule has 2 aromatic heterocycles. The van der Waals surface area contributed by atoms with Gasteiger partial charge in [-0.05, 0) is 24.2 Å². The van der Waals surface area contributed by atoms with Gasteiger partial charge in [-0.1, -0.05) is 12.1 Å². The van der Waals surface area contributed by atoms with Crippen LogP contribution in [0.2, 0.25) is 0 Å². The van der Waals surface area contributed by atoms with Gasteiger partial charge in [0.1, 0.15) is 17.8 Å². The third-order valence-corrected chi connectivity index (χ3v) is 2.97. The van der Waals surface area contributed by atoms with Gasteiger partial charge in [-0.15, -0.1) is 0 Å². The lowest BCUT2D eigenvalue weighted by atomic mass is 10.1. The summed E-state index contributed by atoms with van der Waals surface area (Å²) >= 11 is 0. The summed E-state index contributed by atoms with van der Waals surface area (Å²) in [5.74, 6) is -0.254. The van der Waals surface area contributed by atoms with Gasteiger partial charge in [-0.2, -0.15) is 0 Å². The second-order valence-electron chi connectivity index (χ2n) is 4.32. The Labute approximate surface area is 109 Å². The minimum absolute atomic E-state index is 0.254. The minimum Gasteiger partial charge on any atom is -0.330 e. The molecule has 4 nitrogen and oxygen atoms in total. The maximum Gasteiger partial charge on any atom is 0.147 e. The molecule has 96 valence electrons. The predicted molar refractivity (Wildman–Crippen MR) is 71.1 cm³/mol. The zero-order valence-corrected chi connectivity index (χ0v) is 10.3. The first kappa shape index (κ1) is 11.8. The van der Waals surface area contributed by atoms with E-state index in [1.54, 1.807) is 24.7 Å². The van der Waals surface area contributed by atoms with Crippen LogP contribution in [0.1, 0.15) is 5.69 Å². The van der Waals surface area contributed by atoms with Gasteiger partial charge in [0.25, 0.3) is 0 Å². The molecule has 2 N–H and O–H groups in total. The standard InChI is InChI=1S/C14H13FN4/c15-11-3-1-10(2-4-11)13-7-17-9-19-8-12(5-6-16)18-14(13)19/h1-4,7-9H,5-6,16H2. The molecule has 0 aliphatic heterocycles. The van der Waals surface area contributed by atoms with E-state index in [2.05, 4.69) is 9.97 Å². The van der Waals surface area contributed by atoms with Crippen LogP contribution in [0.25, 0.3) is 16.8 Å². The second-order valence-corrected chi connectivity index (χ2v) is 4.32. The van der Waals surface area contributed by atoms with Gasteiger partial charge in [0.2, 0.25) is 0 Å². The predicted octanol–water partition coefficient (Wildman–Crippen LogP) is 2.04. The average Bonchev–Trinajstić information content (AvgIpc) is 2.82. The maximum absolute atomic E-state index is 13.0. The summed E-state index contributed by atoms with van der Waals surface area (Å²) in [6.07, 6.45) is 6.09. The molecule has 2 heterocycles. The van der Waals surface area contributed by atoms with E-state index < -0.39 is 0 Å². The Balaban J connectivity index is 2.15. The molecule has 3 aromatic rings. The molecule has 3 rings (SSSR count). The average molecular weight is 256 g/mol. The normalized spacial score (nSPS) is 11.1. The summed E-state index contributed by atoms with van der Waals surface area (Å²) in [6.45, 7) is 0.559. The van der Waals surface area contributed by atoms with Gasteiger partial charge >= 0.3 is 0 Å². The Morgan fingerprint density at radius 1 is 1.21 bits per heavy atom. The van der Waals surface area contributed by atoms with Gasteiger partial charge in [0.15, 0.2) is 0 Å². The lowest BCUT2D eigenvalue weighted by Crippen LogP contribution is -2.02. The van der Waals surface area contributed by atoms with Crippen molar-refractivity contribution in [2.24, 2.45) is 5.73 Å². The SMILES string of the molecule is NCCc1cn2cncc(-c3ccc(F)cc3)c2n1. The van der Waals surface area contributed by atoms with Crippen LogP contribution in [-0.2, 0) is 6.42 Å². The summed E-state index contributed by atoms with van der Waals surface area (Å²) in [5.41, 5.74) is 9.05. The molecular formula is C14H13FN4. The molecule has 0 saturated carbocycles. The van der Waals surface area contributed by atoms with Crippen LogP contribution in [0.4, 0.5) is 4.39 Å². The number of fused-ring (bicyclic) bond motifs is 1. The van der Waals surface area contributed by atoms with E-state index in [9.17, 15) is 4.39 Å². The summed E-state index contributed by atoms with van der Waals surface area (Å²) < 4.78 is 14.8. The molecule has 0 aliphatic rings. The summed E-state index contributed by atoms with van der Waals surface area (Å²) in [7, 11) is 0. The highest BCUT2D eigenvalue weighted by atomic mass is 19.1. The fourth-order valence-electron chi connectivity index (χ4n) is 2.07. The first-order valence-corrected chi connectivity index (χ1v) is 6.05. The van der Waals surface area contributed by atoms with Crippen molar-refractivity contribution in [3.05, 3.63) is 54.5 Å². The van der Waals surface area contributed by atoms with Crippen LogP contribution < -0.4 is 5.73 Å². The van der Waals surface area contributed by atoms with Crippen LogP contribution >= 0.6 is 0 Å². The van der Waals surface area contributed by atoms with Crippen LogP contribution in [0.5, 0.6) is 0 Å². The van der Waals surface area contributed by atoms with Crippen molar-refractivity contribution in [3.63, 3.8) is 0 Å². The molecule has 0 aliphatic carbocycles. The highest BCUT2D eigenvalue weighted by Gasteiger charge is 2.08. The maximum atomic E-state index is 13.0. The molecule has 0 saturated heterocycles. The largest absolute Gasteiger partial charge is 0.330 e. The van der Waals surface area contributed by atoms with E-state index in [0.29, 0.717) is 6.54 Å². The lowest BCUT2D eigenvalue weighted by molar-refractivity contribution is 0.628. The summed E-state index contributed by atoms with van der Waals surface area (Å²) in [4.78, 5) is 8.73. The second kappa shape index (κ2) is 4.78. The van der Waals surface area contributed by atoms with Crippen molar-refractivity contribution in [3.8, 4) is 11.1 Å². The van der Waals surface area contributed by atoms with Crippen molar-refractivity contribution in [2.45, 2.75) is 6.42 Å². The topological polar surface area (TPSA) is 56.2 Å². The Hall–Kier alpha value is -2.27. The van der Waals surface area contributed by atoms with E-state index in [0.717, 1.165) is 28.9 Å². The van der Waals surface area contributed by atoms with E-state index in [4.69, 9.17) is 5.73 Å². The van der Waals surface area contributed by atoms with Crippen LogP contribution in [-0.4, -0.2) is 20.9 Å². The first-order chi connectivity index (χ1) is 9.28. The Bertz CT molecular complexity index is 703. The first-order valence-electron chi connectivity index (χ1n) is 6.05. The van der Waals surface area contributed by atoms with Gasteiger partial charge in [-0.3, -0.25) is 4.40 Å². The number of nitrogens with two attached hydrogens (primary N) is 1. The highest BCUT2D eigenvalue weighted by molar-refractivity contribution is 5.76. The molecule has 0 radical (unpaired) electrons. The summed E-state index contributed by atoms with van der Waals surface area (Å²) in [5, 5.41) is 0. The van der Waals surface area contributed by atoms with E-state index in [1.807, 2.05) is 10.6 Å². The van der Waals surface area contributed by atoms with Crippen LogP contribution in [0, 0.1) is 5.82 Å². The third kappa shape index (κ3) is 2.20. The minimum atomic E-state index is -0.254. The van der Waals surface area contributed by atoms with Crippen molar-refractivity contribution >= 4 is 5.65 Å². The fourth-order valence-corrected chi connectivity index (χ4v) is 2.07. The quantitative estimate of drug-likeness (QED) is 0.780. The number of aromatic nitrogens is 3. The highest BCUT2D eigenvalue weighted by Crippen LogP contribution is 2.23. The number of hydrogen-bond acceptors (Lipinski definition) is 3. The van der Waals surface area contributed by atoms with Crippen LogP contribution in [0.15, 0.2) is 43.0 Å². The van der Waals surface area contributed by atoms with Gasteiger partial charge in [0.05, 0.1) is 5.69 Å². The van der Waals surface area contributed by atoms with E-state index in [-0.39, 0.29) is 5.82 Å². The Morgan fingerprint density at radius 2 is 2.00 bits per heavy atom. The Kier molecular flexibility index (Phi) is 2.97. The number of nitrogens with zero attached hydrogens (tertiary/aromatic N) is 3. The van der Waals surface area contributed by atoms with Crippen molar-refractivity contribution in [1.29, 1.82) is 0 Å². The molecule has 0 spiro atoms. The van der Waals surface area contributed by atoms with E-state index in [1.165, 1.54) is 12.1 Å². The number of imidazole rings is 1. The molecule has 1 aromatic carbocycles. The van der Waals surface area contributed by atoms with Crippen molar-refractivity contribution in [1.82, 2.24) is 14.4 Å². The number of benzene rings is 1. The molecule has 0 fully saturated rings. The molecule has 0 atom stereocenters. The molecule has 0 unspecified atom stereocenters. The zero-order chi connectivity index (χ0) is 13.2. The van der Waals surface area contributed by atoms with E-state index >= 15 is 0 Å². The monoisotopic (exact) mass is 256 g/mol. The molecule has 19 heavy (non-hydrogen) atoms. The van der Waals surface area contributed by atoms with Crippen LogP contribution in [0.3, 0.4) is 0 Å². The lowest BCUT2D eigenvalue weighted by Gasteiger charge is -2.02. The smallest absolute Gasteiger partial charge is 0.147 e. The van der Waals surface area contributed by atoms with Gasteiger partial charge in [-0.25, -0.2) is 14.4 Å². The fraction of sp³-hybridized carbons (Fsp3) is 0.143. The van der Waals surface area contributed by atoms with Crippen molar-refractivity contribution in [2.75, 3.05) is 6.54 Å². The van der Waals surface area contributed by atoms with Crippen molar-refractivity contribution < 1.29 is 4.39 Å². The summed E-state index contributed by atoms with van der Waals surface area (Å²) in [6, 6.07) is 6.32. The molecular weight excluding hydrogens is 243 g/mol. The molecule has 5 heteroatoms. The Morgan fingerprint density at radius 3 is 2.74 bits per heavy atom.